The van der Waals surface area contributed by atoms with Gasteiger partial charge in [-0.25, -0.2) is 4.98 Å². The Hall–Kier alpha value is -1.27. The number of pyridine rings is 1. The highest BCUT2D eigenvalue weighted by molar-refractivity contribution is 9.10. The molecule has 0 atom stereocenters. The van der Waals surface area contributed by atoms with E-state index in [1.807, 2.05) is 11.4 Å². The number of nitrogens with zero attached hydrogens (tertiary/aromatic N) is 2. The van der Waals surface area contributed by atoms with Gasteiger partial charge in [0.15, 0.2) is 0 Å². The molecular weight excluding hydrogens is 302 g/mol. The maximum absolute atomic E-state index is 11.6. The van der Waals surface area contributed by atoms with E-state index in [-0.39, 0.29) is 5.91 Å². The zero-order valence-corrected chi connectivity index (χ0v) is 11.3. The predicted molar refractivity (Wildman–Crippen MR) is 71.0 cm³/mol. The Kier molecular flexibility index (Phi) is 4.22. The molecule has 88 valence electrons. The number of rotatable bonds is 4. The van der Waals surface area contributed by atoms with Gasteiger partial charge in [-0.05, 0) is 28.4 Å². The maximum atomic E-state index is 11.6. The van der Waals surface area contributed by atoms with Crippen LogP contribution in [0.3, 0.4) is 0 Å². The Balaban J connectivity index is 1.85. The molecule has 6 heteroatoms. The van der Waals surface area contributed by atoms with E-state index in [2.05, 4.69) is 31.2 Å². The molecule has 0 bridgehead atoms. The van der Waals surface area contributed by atoms with Crippen LogP contribution in [-0.2, 0) is 11.2 Å². The molecule has 0 fully saturated rings. The minimum absolute atomic E-state index is 0.0297. The smallest absolute Gasteiger partial charge is 0.224 e. The summed E-state index contributed by atoms with van der Waals surface area (Å²) in [6.45, 7) is 0. The van der Waals surface area contributed by atoms with Crippen LogP contribution in [0.5, 0.6) is 0 Å². The number of carbonyl (C=O) groups excluding carboxylic acids is 1. The zero-order valence-electron chi connectivity index (χ0n) is 8.89. The van der Waals surface area contributed by atoms with Crippen molar-refractivity contribution in [2.75, 3.05) is 5.32 Å². The van der Waals surface area contributed by atoms with E-state index in [0.717, 1.165) is 10.2 Å². The molecule has 2 aromatic rings. The second-order valence-electron chi connectivity index (χ2n) is 3.42. The fourth-order valence-electron chi connectivity index (χ4n) is 1.31. The number of thiazole rings is 1. The van der Waals surface area contributed by atoms with Crippen LogP contribution in [0.15, 0.2) is 33.8 Å². The maximum Gasteiger partial charge on any atom is 0.224 e. The number of carbonyl (C=O) groups is 1. The number of amides is 1. The number of halogens is 1. The van der Waals surface area contributed by atoms with Crippen molar-refractivity contribution in [2.24, 2.45) is 0 Å². The van der Waals surface area contributed by atoms with Gasteiger partial charge in [0.05, 0.1) is 23.1 Å². The number of aromatic nitrogens is 2. The van der Waals surface area contributed by atoms with E-state index in [4.69, 9.17) is 0 Å². The number of hydrogen-bond donors (Lipinski definition) is 1. The molecule has 4 nitrogen and oxygen atoms in total. The quantitative estimate of drug-likeness (QED) is 0.944. The van der Waals surface area contributed by atoms with Crippen LogP contribution >= 0.6 is 27.3 Å². The summed E-state index contributed by atoms with van der Waals surface area (Å²) in [7, 11) is 0. The van der Waals surface area contributed by atoms with Gasteiger partial charge in [-0.2, -0.15) is 0 Å². The van der Waals surface area contributed by atoms with Gasteiger partial charge in [-0.3, -0.25) is 9.78 Å². The predicted octanol–water partition coefficient (Wildman–Crippen LogP) is 2.87. The molecule has 0 spiro atoms. The summed E-state index contributed by atoms with van der Waals surface area (Å²) in [6.07, 6.45) is 4.38. The van der Waals surface area contributed by atoms with Gasteiger partial charge >= 0.3 is 0 Å². The second-order valence-corrected chi connectivity index (χ2v) is 5.05. The van der Waals surface area contributed by atoms with Crippen LogP contribution in [0, 0.1) is 0 Å². The van der Waals surface area contributed by atoms with Crippen LogP contribution in [0.25, 0.3) is 0 Å². The monoisotopic (exact) mass is 311 g/mol. The highest BCUT2D eigenvalue weighted by atomic mass is 79.9. The summed E-state index contributed by atoms with van der Waals surface area (Å²) in [4.78, 5) is 19.7. The summed E-state index contributed by atoms with van der Waals surface area (Å²) in [5.41, 5.74) is 3.42. The largest absolute Gasteiger partial charge is 0.325 e. The molecule has 0 aliphatic carbocycles. The molecule has 0 unspecified atom stereocenters. The van der Waals surface area contributed by atoms with Gasteiger partial charge in [0.25, 0.3) is 0 Å². The van der Waals surface area contributed by atoms with E-state index in [0.29, 0.717) is 18.5 Å². The van der Waals surface area contributed by atoms with E-state index in [1.54, 1.807) is 17.9 Å². The lowest BCUT2D eigenvalue weighted by atomic mass is 10.2. The molecule has 2 heterocycles. The van der Waals surface area contributed by atoms with E-state index < -0.39 is 0 Å². The first-order valence-electron chi connectivity index (χ1n) is 5.01. The topological polar surface area (TPSA) is 54.9 Å². The minimum atomic E-state index is -0.0297. The van der Waals surface area contributed by atoms with Gasteiger partial charge in [0, 0.05) is 22.5 Å². The van der Waals surface area contributed by atoms with Crippen LogP contribution in [-0.4, -0.2) is 15.9 Å². The lowest BCUT2D eigenvalue weighted by Gasteiger charge is -2.04. The highest BCUT2D eigenvalue weighted by Crippen LogP contribution is 2.14. The third-order valence-electron chi connectivity index (χ3n) is 2.08. The fraction of sp³-hybridized carbons (Fsp3) is 0.182. The minimum Gasteiger partial charge on any atom is -0.325 e. The number of hydrogen-bond acceptors (Lipinski definition) is 4. The standard InChI is InChI=1S/C11H10BrN3OS/c12-8-3-10(5-13-4-8)15-11(16)2-1-9-6-17-7-14-9/h3-7H,1-2H2,(H,15,16). The Labute approximate surface area is 111 Å². The summed E-state index contributed by atoms with van der Waals surface area (Å²) in [5, 5.41) is 4.74. The van der Waals surface area contributed by atoms with Gasteiger partial charge in [-0.15, -0.1) is 11.3 Å². The van der Waals surface area contributed by atoms with Gasteiger partial charge in [0.2, 0.25) is 5.91 Å². The summed E-state index contributed by atoms with van der Waals surface area (Å²) >= 11 is 4.84. The van der Waals surface area contributed by atoms with Crippen molar-refractivity contribution in [3.05, 3.63) is 39.5 Å². The third-order valence-corrected chi connectivity index (χ3v) is 3.15. The lowest BCUT2D eigenvalue weighted by molar-refractivity contribution is -0.116. The number of anilines is 1. The molecule has 0 aromatic carbocycles. The van der Waals surface area contributed by atoms with Gasteiger partial charge in [-0.1, -0.05) is 0 Å². The van der Waals surface area contributed by atoms with Crippen molar-refractivity contribution in [3.63, 3.8) is 0 Å². The van der Waals surface area contributed by atoms with E-state index in [1.165, 1.54) is 11.3 Å². The van der Waals surface area contributed by atoms with Crippen molar-refractivity contribution >= 4 is 38.9 Å². The molecule has 2 aromatic heterocycles. The molecule has 0 radical (unpaired) electrons. The first-order chi connectivity index (χ1) is 8.24. The fourth-order valence-corrected chi connectivity index (χ4v) is 2.26. The zero-order chi connectivity index (χ0) is 12.1. The van der Waals surface area contributed by atoms with E-state index in [9.17, 15) is 4.79 Å². The molecular formula is C11H10BrN3OS. The van der Waals surface area contributed by atoms with E-state index >= 15 is 0 Å². The molecule has 1 amide bonds. The Morgan fingerprint density at radius 2 is 2.35 bits per heavy atom. The van der Waals surface area contributed by atoms with Crippen LogP contribution in [0.2, 0.25) is 0 Å². The second kappa shape index (κ2) is 5.88. The van der Waals surface area contributed by atoms with Crippen molar-refractivity contribution in [3.8, 4) is 0 Å². The van der Waals surface area contributed by atoms with Gasteiger partial charge < -0.3 is 5.32 Å². The molecule has 0 aliphatic rings. The third kappa shape index (κ3) is 3.90. The van der Waals surface area contributed by atoms with Crippen LogP contribution < -0.4 is 5.32 Å². The van der Waals surface area contributed by atoms with Crippen molar-refractivity contribution in [2.45, 2.75) is 12.8 Å². The Morgan fingerprint density at radius 1 is 1.47 bits per heavy atom. The number of nitrogens with one attached hydrogen (secondary N) is 1. The van der Waals surface area contributed by atoms with Crippen molar-refractivity contribution < 1.29 is 4.79 Å². The SMILES string of the molecule is O=C(CCc1cscn1)Nc1cncc(Br)c1. The summed E-state index contributed by atoms with van der Waals surface area (Å²) in [6, 6.07) is 1.81. The molecule has 1 N–H and O–H groups in total. The summed E-state index contributed by atoms with van der Waals surface area (Å²) in [5.74, 6) is -0.0297. The molecule has 0 aliphatic heterocycles. The first kappa shape index (κ1) is 12.2. The number of aryl methyl sites for hydroxylation is 1. The highest BCUT2D eigenvalue weighted by Gasteiger charge is 2.04. The molecule has 0 saturated heterocycles. The van der Waals surface area contributed by atoms with Crippen molar-refractivity contribution in [1.29, 1.82) is 0 Å². The van der Waals surface area contributed by atoms with Crippen LogP contribution in [0.4, 0.5) is 5.69 Å². The molecule has 2 rings (SSSR count). The molecule has 17 heavy (non-hydrogen) atoms. The summed E-state index contributed by atoms with van der Waals surface area (Å²) < 4.78 is 0.842. The normalized spacial score (nSPS) is 10.2. The Bertz CT molecular complexity index is 501. The van der Waals surface area contributed by atoms with Crippen LogP contribution in [0.1, 0.15) is 12.1 Å². The first-order valence-corrected chi connectivity index (χ1v) is 6.75. The Morgan fingerprint density at radius 3 is 3.06 bits per heavy atom. The average molecular weight is 312 g/mol. The van der Waals surface area contributed by atoms with Gasteiger partial charge in [0.1, 0.15) is 0 Å². The lowest BCUT2D eigenvalue weighted by Crippen LogP contribution is -2.12. The molecule has 0 saturated carbocycles. The average Bonchev–Trinajstić information content (AvgIpc) is 2.79. The van der Waals surface area contributed by atoms with Crippen molar-refractivity contribution in [1.82, 2.24) is 9.97 Å².